The quantitative estimate of drug-likeness (QED) is 0.751. The zero-order valence-electron chi connectivity index (χ0n) is 12.1. The van der Waals surface area contributed by atoms with Gasteiger partial charge in [-0.1, -0.05) is 6.92 Å². The minimum Gasteiger partial charge on any atom is -0.497 e. The van der Waals surface area contributed by atoms with Gasteiger partial charge in [0.05, 0.1) is 13.2 Å². The third-order valence-electron chi connectivity index (χ3n) is 3.54. The lowest BCUT2D eigenvalue weighted by Crippen LogP contribution is -2.12. The second kappa shape index (κ2) is 5.83. The van der Waals surface area contributed by atoms with E-state index in [0.29, 0.717) is 0 Å². The van der Waals surface area contributed by atoms with Crippen molar-refractivity contribution in [2.75, 3.05) is 12.4 Å². The molecule has 2 aromatic heterocycles. The van der Waals surface area contributed by atoms with Gasteiger partial charge in [-0.25, -0.2) is 9.97 Å². The van der Waals surface area contributed by atoms with Crippen LogP contribution in [0.4, 0.5) is 5.82 Å². The fourth-order valence-corrected chi connectivity index (χ4v) is 2.39. The Morgan fingerprint density at radius 2 is 2.14 bits per heavy atom. The van der Waals surface area contributed by atoms with Crippen LogP contribution in [-0.2, 0) is 0 Å². The van der Waals surface area contributed by atoms with Gasteiger partial charge in [0.1, 0.15) is 17.4 Å². The molecule has 1 unspecified atom stereocenters. The molecule has 3 rings (SSSR count). The number of hydrogen-bond acceptors (Lipinski definition) is 4. The fourth-order valence-electron chi connectivity index (χ4n) is 2.39. The number of aromatic amines is 1. The summed E-state index contributed by atoms with van der Waals surface area (Å²) in [6.07, 6.45) is 6.32. The lowest BCUT2D eigenvalue weighted by Gasteiger charge is -2.17. The van der Waals surface area contributed by atoms with Crippen LogP contribution < -0.4 is 10.1 Å². The highest BCUT2D eigenvalue weighted by molar-refractivity contribution is 5.92. The first-order valence-electron chi connectivity index (χ1n) is 7.00. The molecule has 0 aliphatic rings. The summed E-state index contributed by atoms with van der Waals surface area (Å²) in [7, 11) is 1.67. The van der Waals surface area contributed by atoms with Crippen molar-refractivity contribution < 1.29 is 4.74 Å². The molecule has 21 heavy (non-hydrogen) atoms. The summed E-state index contributed by atoms with van der Waals surface area (Å²) in [5, 5.41) is 5.64. The van der Waals surface area contributed by atoms with Crippen LogP contribution in [0.25, 0.3) is 10.8 Å². The molecule has 0 radical (unpaired) electrons. The highest BCUT2D eigenvalue weighted by atomic mass is 16.5. The van der Waals surface area contributed by atoms with Gasteiger partial charge in [0.25, 0.3) is 0 Å². The number of benzene rings is 1. The van der Waals surface area contributed by atoms with Gasteiger partial charge < -0.3 is 15.0 Å². The van der Waals surface area contributed by atoms with Gasteiger partial charge >= 0.3 is 0 Å². The van der Waals surface area contributed by atoms with Crippen molar-refractivity contribution in [1.29, 1.82) is 0 Å². The number of hydrogen-bond donors (Lipinski definition) is 2. The van der Waals surface area contributed by atoms with E-state index >= 15 is 0 Å². The summed E-state index contributed by atoms with van der Waals surface area (Å²) >= 11 is 0. The molecule has 0 fully saturated rings. The summed E-state index contributed by atoms with van der Waals surface area (Å²) in [5.74, 6) is 2.63. The Hall–Kier alpha value is -2.56. The normalized spacial score (nSPS) is 12.3. The smallest absolute Gasteiger partial charge is 0.134 e. The zero-order chi connectivity index (χ0) is 14.7. The first-order valence-corrected chi connectivity index (χ1v) is 7.00. The van der Waals surface area contributed by atoms with Gasteiger partial charge in [-0.3, -0.25) is 0 Å². The van der Waals surface area contributed by atoms with E-state index in [9.17, 15) is 0 Å². The SMILES string of the molecule is CCC(Nc1nccc2cc(OC)ccc12)c1ncc[nH]1. The molecular weight excluding hydrogens is 264 g/mol. The molecule has 1 atom stereocenters. The van der Waals surface area contributed by atoms with Crippen LogP contribution in [0.1, 0.15) is 25.2 Å². The van der Waals surface area contributed by atoms with Crippen molar-refractivity contribution in [2.45, 2.75) is 19.4 Å². The number of nitrogens with zero attached hydrogens (tertiary/aromatic N) is 2. The van der Waals surface area contributed by atoms with E-state index in [1.807, 2.05) is 30.5 Å². The maximum atomic E-state index is 5.27. The Kier molecular flexibility index (Phi) is 3.73. The van der Waals surface area contributed by atoms with Crippen molar-refractivity contribution >= 4 is 16.6 Å². The number of pyridine rings is 1. The van der Waals surface area contributed by atoms with Crippen molar-refractivity contribution in [2.24, 2.45) is 0 Å². The summed E-state index contributed by atoms with van der Waals surface area (Å²) in [6, 6.07) is 8.08. The van der Waals surface area contributed by atoms with Crippen molar-refractivity contribution in [3.05, 3.63) is 48.7 Å². The van der Waals surface area contributed by atoms with Crippen molar-refractivity contribution in [3.63, 3.8) is 0 Å². The van der Waals surface area contributed by atoms with E-state index in [2.05, 4.69) is 27.2 Å². The average Bonchev–Trinajstić information content (AvgIpc) is 3.06. The molecule has 2 heterocycles. The third-order valence-corrected chi connectivity index (χ3v) is 3.54. The number of H-pyrrole nitrogens is 1. The fraction of sp³-hybridized carbons (Fsp3) is 0.250. The first-order chi connectivity index (χ1) is 10.3. The van der Waals surface area contributed by atoms with Crippen LogP contribution in [0.15, 0.2) is 42.9 Å². The molecule has 2 N–H and O–H groups in total. The molecule has 5 nitrogen and oxygen atoms in total. The molecule has 0 aliphatic heterocycles. The number of nitrogens with one attached hydrogen (secondary N) is 2. The molecule has 1 aromatic carbocycles. The number of ether oxygens (including phenoxy) is 1. The number of anilines is 1. The zero-order valence-corrected chi connectivity index (χ0v) is 12.1. The molecule has 0 amide bonds. The maximum Gasteiger partial charge on any atom is 0.134 e. The topological polar surface area (TPSA) is 62.8 Å². The second-order valence-corrected chi connectivity index (χ2v) is 4.83. The lowest BCUT2D eigenvalue weighted by atomic mass is 10.1. The minimum absolute atomic E-state index is 0.111. The second-order valence-electron chi connectivity index (χ2n) is 4.83. The van der Waals surface area contributed by atoms with Gasteiger partial charge in [-0.2, -0.15) is 0 Å². The molecule has 108 valence electrons. The Morgan fingerprint density at radius 1 is 1.24 bits per heavy atom. The van der Waals surface area contributed by atoms with Crippen LogP contribution in [-0.4, -0.2) is 22.1 Å². The maximum absolute atomic E-state index is 5.27. The number of methoxy groups -OCH3 is 1. The predicted octanol–water partition coefficient (Wildman–Crippen LogP) is 3.53. The van der Waals surface area contributed by atoms with Gasteiger partial charge in [-0.05, 0) is 36.1 Å². The molecular formula is C16H18N4O. The molecule has 3 aromatic rings. The molecule has 0 saturated carbocycles. The molecule has 5 heteroatoms. The van der Waals surface area contributed by atoms with E-state index in [4.69, 9.17) is 4.74 Å². The Bertz CT molecular complexity index is 724. The largest absolute Gasteiger partial charge is 0.497 e. The molecule has 0 aliphatic carbocycles. The van der Waals surface area contributed by atoms with Gasteiger partial charge in [0, 0.05) is 24.0 Å². The standard InChI is InChI=1S/C16H18N4O/c1-3-14(16-18-8-9-19-16)20-15-13-5-4-12(21-2)10-11(13)6-7-17-15/h4-10,14H,3H2,1-2H3,(H,17,20)(H,18,19). The summed E-state index contributed by atoms with van der Waals surface area (Å²) in [6.45, 7) is 2.12. The van der Waals surface area contributed by atoms with E-state index in [1.54, 1.807) is 19.5 Å². The summed E-state index contributed by atoms with van der Waals surface area (Å²) < 4.78 is 5.27. The Labute approximate surface area is 123 Å². The molecule has 0 bridgehead atoms. The lowest BCUT2D eigenvalue weighted by molar-refractivity contribution is 0.415. The summed E-state index contributed by atoms with van der Waals surface area (Å²) in [4.78, 5) is 11.9. The van der Waals surface area contributed by atoms with Crippen LogP contribution in [0, 0.1) is 0 Å². The van der Waals surface area contributed by atoms with E-state index in [-0.39, 0.29) is 6.04 Å². The number of rotatable bonds is 5. The summed E-state index contributed by atoms with van der Waals surface area (Å²) in [5.41, 5.74) is 0. The van der Waals surface area contributed by atoms with E-state index < -0.39 is 0 Å². The first kappa shape index (κ1) is 13.4. The van der Waals surface area contributed by atoms with Crippen LogP contribution in [0.5, 0.6) is 5.75 Å². The third kappa shape index (κ3) is 2.67. The Balaban J connectivity index is 1.96. The predicted molar refractivity (Wildman–Crippen MR) is 83.5 cm³/mol. The van der Waals surface area contributed by atoms with Gasteiger partial charge in [0.15, 0.2) is 0 Å². The van der Waals surface area contributed by atoms with Crippen molar-refractivity contribution in [3.8, 4) is 5.75 Å². The van der Waals surface area contributed by atoms with Crippen LogP contribution >= 0.6 is 0 Å². The van der Waals surface area contributed by atoms with Gasteiger partial charge in [-0.15, -0.1) is 0 Å². The van der Waals surface area contributed by atoms with Crippen molar-refractivity contribution in [1.82, 2.24) is 15.0 Å². The number of fused-ring (bicyclic) bond motifs is 1. The monoisotopic (exact) mass is 282 g/mol. The van der Waals surface area contributed by atoms with E-state index in [0.717, 1.165) is 34.6 Å². The number of imidazole rings is 1. The minimum atomic E-state index is 0.111. The Morgan fingerprint density at radius 3 is 2.86 bits per heavy atom. The van der Waals surface area contributed by atoms with Crippen LogP contribution in [0.3, 0.4) is 0 Å². The number of aromatic nitrogens is 3. The highest BCUT2D eigenvalue weighted by Crippen LogP contribution is 2.28. The molecule has 0 saturated heterocycles. The van der Waals surface area contributed by atoms with Gasteiger partial charge in [0.2, 0.25) is 0 Å². The average molecular weight is 282 g/mol. The molecule has 0 spiro atoms. The van der Waals surface area contributed by atoms with Crippen LogP contribution in [0.2, 0.25) is 0 Å². The van der Waals surface area contributed by atoms with E-state index in [1.165, 1.54) is 0 Å². The highest BCUT2D eigenvalue weighted by Gasteiger charge is 2.13.